The van der Waals surface area contributed by atoms with E-state index in [-0.39, 0.29) is 11.2 Å². The molecule has 0 spiro atoms. The van der Waals surface area contributed by atoms with Crippen molar-refractivity contribution in [2.75, 3.05) is 5.32 Å². The minimum absolute atomic E-state index is 0.0312. The fourth-order valence-electron chi connectivity index (χ4n) is 2.35. The molecule has 0 atom stereocenters. The largest absolute Gasteiger partial charge is 0.360 e. The molecule has 0 aliphatic heterocycles. The van der Waals surface area contributed by atoms with Crippen LogP contribution in [0.15, 0.2) is 42.1 Å². The number of carbonyl (C=O) groups excluding carboxylic acids is 1. The van der Waals surface area contributed by atoms with Gasteiger partial charge >= 0.3 is 0 Å². The molecule has 0 radical (unpaired) electrons. The van der Waals surface area contributed by atoms with Crippen LogP contribution in [0.1, 0.15) is 26.7 Å². The van der Waals surface area contributed by atoms with E-state index < -0.39 is 0 Å². The van der Waals surface area contributed by atoms with Crippen molar-refractivity contribution >= 4 is 34.7 Å². The van der Waals surface area contributed by atoms with Crippen LogP contribution in [-0.2, 0) is 4.79 Å². The van der Waals surface area contributed by atoms with E-state index in [4.69, 9.17) is 23.2 Å². The minimum atomic E-state index is 0.0312. The zero-order valence-corrected chi connectivity index (χ0v) is 13.1. The summed E-state index contributed by atoms with van der Waals surface area (Å²) in [6, 6.07) is 5.28. The molecule has 106 valence electrons. The average Bonchev–Trinajstić information content (AvgIpc) is 2.29. The lowest BCUT2D eigenvalue weighted by Crippen LogP contribution is -2.21. The van der Waals surface area contributed by atoms with E-state index >= 15 is 0 Å². The highest BCUT2D eigenvalue weighted by atomic mass is 35.5. The Balaban J connectivity index is 2.05. The summed E-state index contributed by atoms with van der Waals surface area (Å²) in [5.41, 5.74) is 1.85. The lowest BCUT2D eigenvalue weighted by Gasteiger charge is -2.27. The molecule has 0 saturated heterocycles. The number of halogens is 2. The van der Waals surface area contributed by atoms with Gasteiger partial charge in [0.05, 0.1) is 10.7 Å². The molecule has 4 heteroatoms. The molecule has 0 saturated carbocycles. The first kappa shape index (κ1) is 15.1. The summed E-state index contributed by atoms with van der Waals surface area (Å²) in [5.74, 6) is 0.186. The van der Waals surface area contributed by atoms with Crippen LogP contribution in [0.2, 0.25) is 10.0 Å². The molecule has 2 rings (SSSR count). The van der Waals surface area contributed by atoms with Crippen molar-refractivity contribution in [3.63, 3.8) is 0 Å². The van der Waals surface area contributed by atoms with Gasteiger partial charge in [-0.3, -0.25) is 4.79 Å². The van der Waals surface area contributed by atoms with Crippen LogP contribution in [0.3, 0.4) is 0 Å². The third-order valence-corrected chi connectivity index (χ3v) is 3.70. The standard InChI is InChI=1S/C16H17Cl2NO/c1-16(2)9-11(7-13(20)10-16)5-6-19-15-4-3-12(17)8-14(15)18/h3-8,19H,9-10H2,1-2H3. The predicted octanol–water partition coefficient (Wildman–Crippen LogP) is 5.23. The Morgan fingerprint density at radius 2 is 2.00 bits per heavy atom. The Kier molecular flexibility index (Phi) is 4.56. The monoisotopic (exact) mass is 309 g/mol. The molecule has 0 bridgehead atoms. The van der Waals surface area contributed by atoms with Crippen LogP contribution in [0.25, 0.3) is 0 Å². The molecular weight excluding hydrogens is 293 g/mol. The predicted molar refractivity (Wildman–Crippen MR) is 85.3 cm³/mol. The summed E-state index contributed by atoms with van der Waals surface area (Å²) in [4.78, 5) is 11.6. The average molecular weight is 310 g/mol. The molecule has 0 unspecified atom stereocenters. The number of anilines is 1. The summed E-state index contributed by atoms with van der Waals surface area (Å²) < 4.78 is 0. The normalized spacial score (nSPS) is 18.2. The van der Waals surface area contributed by atoms with Gasteiger partial charge in [-0.05, 0) is 47.8 Å². The molecule has 0 fully saturated rings. The van der Waals surface area contributed by atoms with E-state index in [2.05, 4.69) is 19.2 Å². The number of allylic oxidation sites excluding steroid dienone is 3. The highest BCUT2D eigenvalue weighted by Gasteiger charge is 2.26. The SMILES string of the molecule is CC1(C)CC(=O)C=C(C=CNc2ccc(Cl)cc2Cl)C1. The zero-order chi connectivity index (χ0) is 14.8. The van der Waals surface area contributed by atoms with Gasteiger partial charge in [-0.1, -0.05) is 37.0 Å². The number of rotatable bonds is 3. The van der Waals surface area contributed by atoms with Gasteiger partial charge in [0, 0.05) is 17.6 Å². The van der Waals surface area contributed by atoms with Gasteiger partial charge in [0.2, 0.25) is 0 Å². The lowest BCUT2D eigenvalue weighted by molar-refractivity contribution is -0.116. The number of hydrogen-bond donors (Lipinski definition) is 1. The maximum Gasteiger partial charge on any atom is 0.156 e. The smallest absolute Gasteiger partial charge is 0.156 e. The summed E-state index contributed by atoms with van der Waals surface area (Å²) >= 11 is 11.9. The summed E-state index contributed by atoms with van der Waals surface area (Å²) in [5, 5.41) is 4.28. The van der Waals surface area contributed by atoms with E-state index in [0.717, 1.165) is 17.7 Å². The molecule has 0 aromatic heterocycles. The molecule has 1 N–H and O–H groups in total. The number of benzene rings is 1. The van der Waals surface area contributed by atoms with Gasteiger partial charge in [-0.2, -0.15) is 0 Å². The van der Waals surface area contributed by atoms with Crippen LogP contribution in [0, 0.1) is 5.41 Å². The quantitative estimate of drug-likeness (QED) is 0.827. The molecule has 1 aliphatic carbocycles. The highest BCUT2D eigenvalue weighted by molar-refractivity contribution is 6.36. The van der Waals surface area contributed by atoms with Crippen molar-refractivity contribution in [3.8, 4) is 0 Å². The molecule has 1 aromatic carbocycles. The second-order valence-electron chi connectivity index (χ2n) is 5.81. The molecule has 0 heterocycles. The van der Waals surface area contributed by atoms with E-state index in [0.29, 0.717) is 16.5 Å². The first-order valence-corrected chi connectivity index (χ1v) is 7.23. The number of hydrogen-bond acceptors (Lipinski definition) is 2. The number of carbonyl (C=O) groups is 1. The van der Waals surface area contributed by atoms with Gasteiger partial charge < -0.3 is 5.32 Å². The molecule has 0 amide bonds. The molecule has 1 aliphatic rings. The zero-order valence-electron chi connectivity index (χ0n) is 11.5. The van der Waals surface area contributed by atoms with Crippen LogP contribution in [-0.4, -0.2) is 5.78 Å². The maximum absolute atomic E-state index is 11.6. The molecule has 1 aromatic rings. The van der Waals surface area contributed by atoms with E-state index in [9.17, 15) is 4.79 Å². The minimum Gasteiger partial charge on any atom is -0.360 e. The summed E-state index contributed by atoms with van der Waals surface area (Å²) in [6.07, 6.45) is 6.94. The first-order valence-electron chi connectivity index (χ1n) is 6.47. The lowest BCUT2D eigenvalue weighted by atomic mass is 9.77. The summed E-state index contributed by atoms with van der Waals surface area (Å²) in [6.45, 7) is 4.21. The summed E-state index contributed by atoms with van der Waals surface area (Å²) in [7, 11) is 0. The van der Waals surface area contributed by atoms with Crippen molar-refractivity contribution < 1.29 is 4.79 Å². The third kappa shape index (κ3) is 4.12. The van der Waals surface area contributed by atoms with E-state index in [1.807, 2.05) is 12.1 Å². The van der Waals surface area contributed by atoms with Gasteiger partial charge in [0.25, 0.3) is 0 Å². The van der Waals surface area contributed by atoms with E-state index in [1.165, 1.54) is 0 Å². The Labute approximate surface area is 129 Å². The fraction of sp³-hybridized carbons (Fsp3) is 0.312. The van der Waals surface area contributed by atoms with Gasteiger partial charge in [0.1, 0.15) is 0 Å². The van der Waals surface area contributed by atoms with Crippen molar-refractivity contribution in [2.24, 2.45) is 5.41 Å². The van der Waals surface area contributed by atoms with Gasteiger partial charge in [-0.25, -0.2) is 0 Å². The molecular formula is C16H17Cl2NO. The topological polar surface area (TPSA) is 29.1 Å². The highest BCUT2D eigenvalue weighted by Crippen LogP contribution is 2.34. The van der Waals surface area contributed by atoms with E-state index in [1.54, 1.807) is 24.4 Å². The van der Waals surface area contributed by atoms with Crippen molar-refractivity contribution in [3.05, 3.63) is 52.2 Å². The fourth-order valence-corrected chi connectivity index (χ4v) is 2.81. The van der Waals surface area contributed by atoms with Crippen molar-refractivity contribution in [1.29, 1.82) is 0 Å². The Hall–Kier alpha value is -1.25. The Morgan fingerprint density at radius 1 is 1.25 bits per heavy atom. The second kappa shape index (κ2) is 6.02. The molecule has 20 heavy (non-hydrogen) atoms. The first-order chi connectivity index (χ1) is 9.35. The van der Waals surface area contributed by atoms with Crippen molar-refractivity contribution in [1.82, 2.24) is 0 Å². The van der Waals surface area contributed by atoms with Gasteiger partial charge in [0.15, 0.2) is 5.78 Å². The number of nitrogens with one attached hydrogen (secondary N) is 1. The number of ketones is 1. The van der Waals surface area contributed by atoms with Crippen molar-refractivity contribution in [2.45, 2.75) is 26.7 Å². The van der Waals surface area contributed by atoms with Crippen LogP contribution in [0.5, 0.6) is 0 Å². The van der Waals surface area contributed by atoms with Crippen LogP contribution < -0.4 is 5.32 Å². The molecule has 2 nitrogen and oxygen atoms in total. The third-order valence-electron chi connectivity index (χ3n) is 3.15. The van der Waals surface area contributed by atoms with Gasteiger partial charge in [-0.15, -0.1) is 0 Å². The Bertz CT molecular complexity index is 588. The second-order valence-corrected chi connectivity index (χ2v) is 6.65. The maximum atomic E-state index is 11.6. The van der Waals surface area contributed by atoms with Crippen LogP contribution in [0.4, 0.5) is 5.69 Å². The Morgan fingerprint density at radius 3 is 2.65 bits per heavy atom. The van der Waals surface area contributed by atoms with Crippen LogP contribution >= 0.6 is 23.2 Å².